The molecule has 0 N–H and O–H groups in total. The first-order valence-electron chi connectivity index (χ1n) is 2.79. The second-order valence-electron chi connectivity index (χ2n) is 2.26. The van der Waals surface area contributed by atoms with Crippen LogP contribution in [0.25, 0.3) is 0 Å². The molecule has 5 heteroatoms. The van der Waals surface area contributed by atoms with Gasteiger partial charge in [-0.05, 0) is 0 Å². The monoisotopic (exact) mass is 169 g/mol. The molecule has 0 saturated heterocycles. The molecular weight excluding hydrogens is 161 g/mol. The average molecular weight is 169 g/mol. The predicted octanol–water partition coefficient (Wildman–Crippen LogP) is 1.84. The number of alkyl halides is 3. The largest absolute Gasteiger partial charge is 0.384 e. The second-order valence-corrected chi connectivity index (χ2v) is 3.41. The van der Waals surface area contributed by atoms with Crippen LogP contribution in [-0.2, 0) is 4.46 Å². The van der Waals surface area contributed by atoms with Crippen LogP contribution in [0.5, 0.6) is 0 Å². The van der Waals surface area contributed by atoms with Crippen molar-refractivity contribution in [1.82, 2.24) is 0 Å². The lowest BCUT2D eigenvalue weighted by Crippen LogP contribution is -2.29. The summed E-state index contributed by atoms with van der Waals surface area (Å²) in [6.07, 6.45) is -2.30. The van der Waals surface area contributed by atoms with E-state index < -0.39 is 27.0 Å². The Morgan fingerprint density at radius 2 is 1.90 bits per heavy atom. The normalized spacial score (nSPS) is 18.1. The van der Waals surface area contributed by atoms with Crippen molar-refractivity contribution in [3.8, 4) is 0 Å². The van der Waals surface area contributed by atoms with Gasteiger partial charge < -0.3 is 4.46 Å². The van der Waals surface area contributed by atoms with Crippen LogP contribution in [0.15, 0.2) is 0 Å². The van der Waals surface area contributed by atoms with E-state index in [0.717, 1.165) is 0 Å². The highest BCUT2D eigenvalue weighted by molar-refractivity contribution is 6.19. The fourth-order valence-electron chi connectivity index (χ4n) is 0.499. The van der Waals surface area contributed by atoms with E-state index in [1.54, 1.807) is 0 Å². The maximum absolute atomic E-state index is 12.4. The molecule has 0 amide bonds. The van der Waals surface area contributed by atoms with E-state index in [2.05, 4.69) is 0 Å². The van der Waals surface area contributed by atoms with Gasteiger partial charge in [0.25, 0.3) is 5.92 Å². The fourth-order valence-corrected chi connectivity index (χ4v) is 0.911. The number of halogens is 3. The smallest absolute Gasteiger partial charge is 0.332 e. The van der Waals surface area contributed by atoms with Crippen LogP contribution >= 0.6 is 0 Å². The molecule has 0 unspecified atom stereocenters. The van der Waals surface area contributed by atoms with Gasteiger partial charge in [-0.1, -0.05) is 6.92 Å². The second kappa shape index (κ2) is 3.27. The van der Waals surface area contributed by atoms with Crippen LogP contribution in [0.3, 0.4) is 0 Å². The molecule has 0 aromatic carbocycles. The highest BCUT2D eigenvalue weighted by atomic mass is 28.2. The van der Waals surface area contributed by atoms with Crippen LogP contribution in [0, 0.1) is 0 Å². The summed E-state index contributed by atoms with van der Waals surface area (Å²) in [5.74, 6) is -3.38. The van der Waals surface area contributed by atoms with E-state index in [4.69, 9.17) is 0 Å². The number of hydrogen-bond acceptors (Lipinski definition) is 1. The third kappa shape index (κ3) is 2.59. The predicted molar refractivity (Wildman–Crippen MR) is 31.4 cm³/mol. The van der Waals surface area contributed by atoms with Crippen molar-refractivity contribution in [2.45, 2.75) is 31.5 Å². The van der Waals surface area contributed by atoms with Crippen LogP contribution in [0.4, 0.5) is 13.2 Å². The zero-order chi connectivity index (χ0) is 8.36. The lowest BCUT2D eigenvalue weighted by Gasteiger charge is -2.17. The van der Waals surface area contributed by atoms with E-state index in [0.29, 0.717) is 6.92 Å². The van der Waals surface area contributed by atoms with Gasteiger partial charge in [0.1, 0.15) is 0 Å². The van der Waals surface area contributed by atoms with Gasteiger partial charge in [-0.15, -0.1) is 0 Å². The molecule has 0 aromatic heterocycles. The van der Waals surface area contributed by atoms with E-state index in [-0.39, 0.29) is 0 Å². The molecule has 59 valence electrons. The van der Waals surface area contributed by atoms with Crippen molar-refractivity contribution in [2.24, 2.45) is 0 Å². The first-order chi connectivity index (χ1) is 4.39. The SMILES string of the molecule is C[C@@H]([Si]=O)[C@H](F)C(C)(F)F. The zero-order valence-electron chi connectivity index (χ0n) is 5.70. The Kier molecular flexibility index (Phi) is 3.21. The van der Waals surface area contributed by atoms with Gasteiger partial charge in [0, 0.05) is 12.5 Å². The van der Waals surface area contributed by atoms with Gasteiger partial charge in [0.2, 0.25) is 0 Å². The first kappa shape index (κ1) is 9.81. The molecule has 0 aliphatic heterocycles. The van der Waals surface area contributed by atoms with Gasteiger partial charge in [-0.3, -0.25) is 0 Å². The van der Waals surface area contributed by atoms with Crippen molar-refractivity contribution < 1.29 is 17.6 Å². The Balaban J connectivity index is 4.07. The average Bonchev–Trinajstić information content (AvgIpc) is 1.83. The zero-order valence-corrected chi connectivity index (χ0v) is 6.70. The van der Waals surface area contributed by atoms with Gasteiger partial charge in [-0.2, -0.15) is 0 Å². The van der Waals surface area contributed by atoms with E-state index in [1.165, 1.54) is 6.92 Å². The lowest BCUT2D eigenvalue weighted by atomic mass is 10.2. The van der Waals surface area contributed by atoms with Crippen molar-refractivity contribution in [3.05, 3.63) is 0 Å². The van der Waals surface area contributed by atoms with Gasteiger partial charge >= 0.3 is 9.41 Å². The Hall–Kier alpha value is -0.193. The quantitative estimate of drug-likeness (QED) is 0.589. The van der Waals surface area contributed by atoms with Gasteiger partial charge in [0.15, 0.2) is 6.17 Å². The molecule has 10 heavy (non-hydrogen) atoms. The number of rotatable bonds is 3. The standard InChI is InChI=1S/C5H8F3OSi/c1-3(10-9)4(6)5(2,7)8/h3-4H,1-2H3/t3-,4+/m1/s1. The first-order valence-corrected chi connectivity index (χ1v) is 3.77. The molecule has 2 atom stereocenters. The highest BCUT2D eigenvalue weighted by Crippen LogP contribution is 2.27. The summed E-state index contributed by atoms with van der Waals surface area (Å²) in [6.45, 7) is 1.67. The molecular formula is C5H8F3OSi. The summed E-state index contributed by atoms with van der Waals surface area (Å²) in [4.78, 5) is 0. The Morgan fingerprint density at radius 1 is 1.50 bits per heavy atom. The van der Waals surface area contributed by atoms with Crippen molar-refractivity contribution in [1.29, 1.82) is 0 Å². The molecule has 0 aliphatic rings. The minimum atomic E-state index is -3.38. The topological polar surface area (TPSA) is 17.1 Å². The summed E-state index contributed by atoms with van der Waals surface area (Å²) in [6, 6.07) is 0. The van der Waals surface area contributed by atoms with Crippen LogP contribution in [0.1, 0.15) is 13.8 Å². The summed E-state index contributed by atoms with van der Waals surface area (Å²) < 4.78 is 46.4. The molecule has 0 aromatic rings. The van der Waals surface area contributed by atoms with E-state index in [9.17, 15) is 17.6 Å². The van der Waals surface area contributed by atoms with Crippen LogP contribution < -0.4 is 0 Å². The molecule has 0 rings (SSSR count). The lowest BCUT2D eigenvalue weighted by molar-refractivity contribution is -0.0560. The maximum Gasteiger partial charge on any atom is 0.332 e. The molecule has 0 fully saturated rings. The van der Waals surface area contributed by atoms with Crippen LogP contribution in [0.2, 0.25) is 5.54 Å². The highest BCUT2D eigenvalue weighted by Gasteiger charge is 2.38. The summed E-state index contributed by atoms with van der Waals surface area (Å²) >= 11 is 0. The van der Waals surface area contributed by atoms with E-state index in [1.807, 2.05) is 0 Å². The Bertz CT molecular complexity index is 123. The van der Waals surface area contributed by atoms with Crippen molar-refractivity contribution >= 4 is 9.41 Å². The Labute approximate surface area is 59.5 Å². The van der Waals surface area contributed by atoms with Crippen LogP contribution in [-0.4, -0.2) is 21.5 Å². The molecule has 0 heterocycles. The fraction of sp³-hybridized carbons (Fsp3) is 1.00. The summed E-state index contributed by atoms with van der Waals surface area (Å²) in [5, 5.41) is 0. The summed E-state index contributed by atoms with van der Waals surface area (Å²) in [5.41, 5.74) is -1.08. The molecule has 1 nitrogen and oxygen atoms in total. The number of hydrogen-bond donors (Lipinski definition) is 0. The summed E-state index contributed by atoms with van der Waals surface area (Å²) in [7, 11) is -1.02. The van der Waals surface area contributed by atoms with Gasteiger partial charge in [-0.25, -0.2) is 13.2 Å². The molecule has 0 bridgehead atoms. The minimum absolute atomic E-state index is 0.480. The molecule has 0 aliphatic carbocycles. The maximum atomic E-state index is 12.4. The van der Waals surface area contributed by atoms with Crippen molar-refractivity contribution in [3.63, 3.8) is 0 Å². The molecule has 1 radical (unpaired) electrons. The Morgan fingerprint density at radius 3 is 2.00 bits per heavy atom. The van der Waals surface area contributed by atoms with E-state index >= 15 is 0 Å². The van der Waals surface area contributed by atoms with Crippen molar-refractivity contribution in [2.75, 3.05) is 0 Å². The third-order valence-electron chi connectivity index (χ3n) is 1.11. The molecule has 0 saturated carbocycles. The minimum Gasteiger partial charge on any atom is -0.384 e. The molecule has 0 spiro atoms. The van der Waals surface area contributed by atoms with Gasteiger partial charge in [0.05, 0.1) is 0 Å². The third-order valence-corrected chi connectivity index (χ3v) is 1.77.